The fourth-order valence-electron chi connectivity index (χ4n) is 3.62. The second kappa shape index (κ2) is 10.5. The van der Waals surface area contributed by atoms with Crippen LogP contribution < -0.4 is 20.5 Å². The van der Waals surface area contributed by atoms with Gasteiger partial charge in [-0.15, -0.1) is 11.3 Å². The number of para-hydroxylation sites is 2. The van der Waals surface area contributed by atoms with Gasteiger partial charge in [0.15, 0.2) is 17.1 Å². The Balaban J connectivity index is 1.57. The van der Waals surface area contributed by atoms with Gasteiger partial charge in [0.25, 0.3) is 0 Å². The standard InChI is InChI=1S/C25H24N2O7S/c1-4-33-24(29)23-16(14-21(35-23)15-9-10-19(31-2)20(13-15)32-3)26-22(28)11-12-27-17-7-5-6-8-18(17)34-25(27)30/h5-10,13-14H,4,11-12H2,1-3H3,(H,26,28). The smallest absolute Gasteiger partial charge is 0.419 e. The highest BCUT2D eigenvalue weighted by Gasteiger charge is 2.21. The van der Waals surface area contributed by atoms with Crippen LogP contribution in [0.2, 0.25) is 0 Å². The first kappa shape index (κ1) is 24.1. The van der Waals surface area contributed by atoms with Crippen molar-refractivity contribution in [1.29, 1.82) is 0 Å². The van der Waals surface area contributed by atoms with Crippen molar-refractivity contribution < 1.29 is 28.2 Å². The minimum absolute atomic E-state index is 0.00718. The molecule has 0 unspecified atom stereocenters. The molecule has 0 spiro atoms. The van der Waals surface area contributed by atoms with Crippen LogP contribution >= 0.6 is 11.3 Å². The van der Waals surface area contributed by atoms with Crippen molar-refractivity contribution in [1.82, 2.24) is 4.57 Å². The zero-order valence-corrected chi connectivity index (χ0v) is 20.3. The third-order valence-corrected chi connectivity index (χ3v) is 6.44. The SMILES string of the molecule is CCOC(=O)c1sc(-c2ccc(OC)c(OC)c2)cc1NC(=O)CCn1c(=O)oc2ccccc21. The minimum atomic E-state index is -0.531. The van der Waals surface area contributed by atoms with Crippen molar-refractivity contribution >= 4 is 40.0 Å². The average molecular weight is 497 g/mol. The van der Waals surface area contributed by atoms with Crippen molar-refractivity contribution in [2.75, 3.05) is 26.1 Å². The molecule has 9 nitrogen and oxygen atoms in total. The van der Waals surface area contributed by atoms with Gasteiger partial charge >= 0.3 is 11.7 Å². The Hall–Kier alpha value is -4.05. The second-order valence-corrected chi connectivity index (χ2v) is 8.48. The maximum absolute atomic E-state index is 12.8. The number of aryl methyl sites for hydroxylation is 1. The Labute approximate surface area is 204 Å². The Morgan fingerprint density at radius 3 is 2.57 bits per heavy atom. The number of nitrogens with zero attached hydrogens (tertiary/aromatic N) is 1. The molecule has 2 aromatic heterocycles. The topological polar surface area (TPSA) is 109 Å². The summed E-state index contributed by atoms with van der Waals surface area (Å²) in [5.74, 6) is -0.299. The lowest BCUT2D eigenvalue weighted by atomic mass is 10.1. The van der Waals surface area contributed by atoms with Gasteiger partial charge in [0, 0.05) is 17.8 Å². The first-order chi connectivity index (χ1) is 16.9. The third kappa shape index (κ3) is 5.07. The molecule has 2 aromatic carbocycles. The summed E-state index contributed by atoms with van der Waals surface area (Å²) in [5.41, 5.74) is 2.20. The number of hydrogen-bond acceptors (Lipinski definition) is 8. The molecule has 0 radical (unpaired) electrons. The van der Waals surface area contributed by atoms with E-state index in [0.29, 0.717) is 28.3 Å². The Kier molecular flexibility index (Phi) is 7.21. The van der Waals surface area contributed by atoms with E-state index in [1.54, 1.807) is 63.6 Å². The van der Waals surface area contributed by atoms with E-state index in [9.17, 15) is 14.4 Å². The number of carbonyl (C=O) groups excluding carboxylic acids is 2. The zero-order chi connectivity index (χ0) is 24.9. The maximum atomic E-state index is 12.8. The molecule has 35 heavy (non-hydrogen) atoms. The van der Waals surface area contributed by atoms with E-state index >= 15 is 0 Å². The summed E-state index contributed by atoms with van der Waals surface area (Å²) in [7, 11) is 3.09. The lowest BCUT2D eigenvalue weighted by molar-refractivity contribution is -0.116. The van der Waals surface area contributed by atoms with E-state index in [1.165, 1.54) is 15.9 Å². The van der Waals surface area contributed by atoms with Crippen molar-refractivity contribution in [3.8, 4) is 21.9 Å². The van der Waals surface area contributed by atoms with Gasteiger partial charge in [-0.25, -0.2) is 9.59 Å². The molecular formula is C25H24N2O7S. The Morgan fingerprint density at radius 1 is 1.06 bits per heavy atom. The van der Waals surface area contributed by atoms with Gasteiger partial charge in [0.2, 0.25) is 5.91 Å². The van der Waals surface area contributed by atoms with Crippen LogP contribution in [0.25, 0.3) is 21.5 Å². The summed E-state index contributed by atoms with van der Waals surface area (Å²) < 4.78 is 22.5. The molecule has 4 aromatic rings. The highest BCUT2D eigenvalue weighted by atomic mass is 32.1. The molecule has 0 bridgehead atoms. The number of nitrogens with one attached hydrogen (secondary N) is 1. The molecule has 0 aliphatic rings. The average Bonchev–Trinajstić information content (AvgIpc) is 3.42. The van der Waals surface area contributed by atoms with E-state index in [-0.39, 0.29) is 30.4 Å². The molecule has 0 saturated carbocycles. The molecule has 0 fully saturated rings. The minimum Gasteiger partial charge on any atom is -0.493 e. The Bertz CT molecular complexity index is 1430. The van der Waals surface area contributed by atoms with Crippen LogP contribution in [0.5, 0.6) is 11.5 Å². The van der Waals surface area contributed by atoms with Crippen LogP contribution in [0.4, 0.5) is 5.69 Å². The normalized spacial score (nSPS) is 10.8. The number of fused-ring (bicyclic) bond motifs is 1. The maximum Gasteiger partial charge on any atom is 0.419 e. The van der Waals surface area contributed by atoms with Gasteiger partial charge < -0.3 is 23.9 Å². The van der Waals surface area contributed by atoms with Crippen molar-refractivity contribution in [2.45, 2.75) is 19.9 Å². The highest BCUT2D eigenvalue weighted by Crippen LogP contribution is 2.39. The second-order valence-electron chi connectivity index (χ2n) is 7.43. The number of methoxy groups -OCH3 is 2. The predicted molar refractivity (Wildman–Crippen MR) is 133 cm³/mol. The number of rotatable bonds is 9. The lowest BCUT2D eigenvalue weighted by Crippen LogP contribution is -2.20. The van der Waals surface area contributed by atoms with Gasteiger partial charge in [0.1, 0.15) is 4.88 Å². The van der Waals surface area contributed by atoms with Gasteiger partial charge in [0.05, 0.1) is 32.0 Å². The molecule has 0 aliphatic heterocycles. The number of amides is 1. The molecule has 4 rings (SSSR count). The van der Waals surface area contributed by atoms with Gasteiger partial charge in [-0.05, 0) is 48.9 Å². The summed E-state index contributed by atoms with van der Waals surface area (Å²) >= 11 is 1.20. The van der Waals surface area contributed by atoms with E-state index in [4.69, 9.17) is 18.6 Å². The van der Waals surface area contributed by atoms with Crippen LogP contribution in [0, 0.1) is 0 Å². The van der Waals surface area contributed by atoms with Crippen molar-refractivity contribution in [3.63, 3.8) is 0 Å². The predicted octanol–water partition coefficient (Wildman–Crippen LogP) is 4.55. The molecule has 0 saturated heterocycles. The third-order valence-electron chi connectivity index (χ3n) is 5.27. The van der Waals surface area contributed by atoms with Crippen molar-refractivity contribution in [2.24, 2.45) is 0 Å². The first-order valence-corrected chi connectivity index (χ1v) is 11.7. The van der Waals surface area contributed by atoms with Gasteiger partial charge in [-0.1, -0.05) is 12.1 Å². The lowest BCUT2D eigenvalue weighted by Gasteiger charge is -2.08. The fourth-order valence-corrected chi connectivity index (χ4v) is 4.62. The number of carbonyl (C=O) groups is 2. The largest absolute Gasteiger partial charge is 0.493 e. The summed E-state index contributed by atoms with van der Waals surface area (Å²) in [6.07, 6.45) is 0.00718. The molecule has 0 atom stereocenters. The number of ether oxygens (including phenoxy) is 3. The van der Waals surface area contributed by atoms with E-state index in [0.717, 1.165) is 10.4 Å². The Morgan fingerprint density at radius 2 is 1.83 bits per heavy atom. The quantitative estimate of drug-likeness (QED) is 0.339. The number of aromatic nitrogens is 1. The van der Waals surface area contributed by atoms with E-state index in [1.807, 2.05) is 6.07 Å². The summed E-state index contributed by atoms with van der Waals surface area (Å²) in [5, 5.41) is 2.79. The molecule has 182 valence electrons. The van der Waals surface area contributed by atoms with Gasteiger partial charge in [-0.2, -0.15) is 0 Å². The van der Waals surface area contributed by atoms with Crippen LogP contribution in [-0.2, 0) is 16.1 Å². The van der Waals surface area contributed by atoms with Gasteiger partial charge in [-0.3, -0.25) is 9.36 Å². The molecule has 1 N–H and O–H groups in total. The molecule has 1 amide bonds. The monoisotopic (exact) mass is 496 g/mol. The fraction of sp³-hybridized carbons (Fsp3) is 0.240. The molecule has 0 aliphatic carbocycles. The number of hydrogen-bond donors (Lipinski definition) is 1. The number of oxazole rings is 1. The number of esters is 1. The zero-order valence-electron chi connectivity index (χ0n) is 19.5. The van der Waals surface area contributed by atoms with E-state index < -0.39 is 11.7 Å². The van der Waals surface area contributed by atoms with Crippen LogP contribution in [0.3, 0.4) is 0 Å². The molecular weight excluding hydrogens is 472 g/mol. The summed E-state index contributed by atoms with van der Waals surface area (Å²) in [6.45, 7) is 2.04. The first-order valence-electron chi connectivity index (χ1n) is 10.9. The van der Waals surface area contributed by atoms with Crippen LogP contribution in [0.1, 0.15) is 23.0 Å². The summed E-state index contributed by atoms with van der Waals surface area (Å²) in [6, 6.07) is 14.1. The van der Waals surface area contributed by atoms with Crippen molar-refractivity contribution in [3.05, 3.63) is 64.0 Å². The van der Waals surface area contributed by atoms with E-state index in [2.05, 4.69) is 5.32 Å². The van der Waals surface area contributed by atoms with Crippen LogP contribution in [-0.4, -0.2) is 37.3 Å². The van der Waals surface area contributed by atoms with Crippen LogP contribution in [0.15, 0.2) is 57.7 Å². The highest BCUT2D eigenvalue weighted by molar-refractivity contribution is 7.18. The number of thiophene rings is 1. The molecule has 10 heteroatoms. The number of anilines is 1. The number of benzene rings is 2. The molecule has 2 heterocycles. The summed E-state index contributed by atoms with van der Waals surface area (Å²) in [4.78, 5) is 38.5.